The van der Waals surface area contributed by atoms with Gasteiger partial charge in [0.2, 0.25) is 11.8 Å². The molecule has 2 aliphatic heterocycles. The lowest BCUT2D eigenvalue weighted by molar-refractivity contribution is 0.191. The normalized spacial score (nSPS) is 25.5. The lowest BCUT2D eigenvalue weighted by atomic mass is 9.92. The van der Waals surface area contributed by atoms with Gasteiger partial charge in [-0.05, 0) is 43.7 Å². The van der Waals surface area contributed by atoms with E-state index in [-0.39, 0.29) is 11.8 Å². The van der Waals surface area contributed by atoms with E-state index in [1.807, 2.05) is 13.0 Å². The van der Waals surface area contributed by atoms with Gasteiger partial charge in [0.1, 0.15) is 12.1 Å². The average Bonchev–Trinajstić information content (AvgIpc) is 3.45. The van der Waals surface area contributed by atoms with Crippen LogP contribution in [-0.2, 0) is 6.54 Å². The zero-order valence-corrected chi connectivity index (χ0v) is 18.6. The zero-order chi connectivity index (χ0) is 23.4. The van der Waals surface area contributed by atoms with Gasteiger partial charge in [-0.1, -0.05) is 0 Å². The van der Waals surface area contributed by atoms with Gasteiger partial charge in [0.25, 0.3) is 0 Å². The molecule has 0 spiro atoms. The Hall–Kier alpha value is -3.37. The van der Waals surface area contributed by atoms with Gasteiger partial charge >= 0.3 is 0 Å². The Bertz CT molecular complexity index is 1220. The van der Waals surface area contributed by atoms with Crippen molar-refractivity contribution in [2.75, 3.05) is 23.3 Å². The van der Waals surface area contributed by atoms with Crippen LogP contribution in [0.3, 0.4) is 0 Å². The highest BCUT2D eigenvalue weighted by Gasteiger charge is 2.43. The van der Waals surface area contributed by atoms with E-state index in [9.17, 15) is 13.2 Å². The lowest BCUT2D eigenvalue weighted by Crippen LogP contribution is -2.48. The fraction of sp³-hybridized carbons (Fsp3) is 0.478. The minimum atomic E-state index is -1.54. The van der Waals surface area contributed by atoms with Gasteiger partial charge in [-0.3, -0.25) is 0 Å². The summed E-state index contributed by atoms with van der Waals surface area (Å²) >= 11 is 0. The second-order valence-corrected chi connectivity index (χ2v) is 9.28. The monoisotopic (exact) mass is 471 g/mol. The first-order valence-corrected chi connectivity index (χ1v) is 11.5. The van der Waals surface area contributed by atoms with Crippen LogP contribution in [0.2, 0.25) is 0 Å². The molecular formula is C23H24F3N7O. The molecule has 4 atom stereocenters. The Morgan fingerprint density at radius 3 is 2.59 bits per heavy atom. The predicted molar refractivity (Wildman–Crippen MR) is 117 cm³/mol. The number of aromatic nitrogens is 5. The molecular weight excluding hydrogens is 447 g/mol. The van der Waals surface area contributed by atoms with Gasteiger partial charge in [0, 0.05) is 43.9 Å². The summed E-state index contributed by atoms with van der Waals surface area (Å²) in [6.07, 6.45) is 3.80. The van der Waals surface area contributed by atoms with Crippen molar-refractivity contribution in [1.29, 1.82) is 0 Å². The van der Waals surface area contributed by atoms with E-state index in [2.05, 4.69) is 30.3 Å². The molecule has 1 saturated carbocycles. The van der Waals surface area contributed by atoms with Crippen LogP contribution in [0.5, 0.6) is 5.75 Å². The van der Waals surface area contributed by atoms with Crippen LogP contribution >= 0.6 is 0 Å². The molecule has 1 saturated heterocycles. The molecule has 3 aliphatic rings. The number of benzene rings is 1. The molecule has 34 heavy (non-hydrogen) atoms. The Balaban J connectivity index is 1.15. The Labute approximate surface area is 194 Å². The highest BCUT2D eigenvalue weighted by Crippen LogP contribution is 2.40. The van der Waals surface area contributed by atoms with E-state index in [4.69, 9.17) is 4.74 Å². The maximum atomic E-state index is 14.1. The molecule has 0 radical (unpaired) electrons. The second-order valence-electron chi connectivity index (χ2n) is 9.28. The van der Waals surface area contributed by atoms with E-state index in [0.717, 1.165) is 49.6 Å². The number of aryl methyl sites for hydroxylation is 2. The van der Waals surface area contributed by atoms with E-state index in [0.29, 0.717) is 36.6 Å². The molecule has 0 amide bonds. The number of rotatable bonds is 5. The number of piperidine rings is 1. The van der Waals surface area contributed by atoms with Crippen LogP contribution in [0.25, 0.3) is 0 Å². The highest BCUT2D eigenvalue weighted by molar-refractivity contribution is 5.41. The van der Waals surface area contributed by atoms with E-state index in [1.54, 1.807) is 11.0 Å². The molecule has 2 fully saturated rings. The second kappa shape index (κ2) is 8.14. The van der Waals surface area contributed by atoms with Crippen LogP contribution in [-0.4, -0.2) is 43.9 Å². The average molecular weight is 471 g/mol. The van der Waals surface area contributed by atoms with Crippen molar-refractivity contribution in [3.63, 3.8) is 0 Å². The third-order valence-electron chi connectivity index (χ3n) is 7.10. The van der Waals surface area contributed by atoms with Crippen molar-refractivity contribution in [2.45, 2.75) is 44.9 Å². The van der Waals surface area contributed by atoms with Gasteiger partial charge in [-0.15, -0.1) is 5.10 Å². The Morgan fingerprint density at radius 2 is 1.82 bits per heavy atom. The van der Waals surface area contributed by atoms with Crippen LogP contribution in [0.4, 0.5) is 24.9 Å². The number of hydrogen-bond donors (Lipinski definition) is 1. The van der Waals surface area contributed by atoms with Crippen molar-refractivity contribution in [3.8, 4) is 5.75 Å². The third kappa shape index (κ3) is 3.63. The number of ether oxygens (including phenoxy) is 1. The van der Waals surface area contributed by atoms with E-state index in [1.165, 1.54) is 0 Å². The van der Waals surface area contributed by atoms with Gasteiger partial charge in [0.05, 0.1) is 0 Å². The molecule has 1 N–H and O–H groups in total. The topological polar surface area (TPSA) is 81.0 Å². The van der Waals surface area contributed by atoms with Gasteiger partial charge < -0.3 is 15.0 Å². The van der Waals surface area contributed by atoms with E-state index >= 15 is 0 Å². The molecule has 3 aromatic rings. The summed E-state index contributed by atoms with van der Waals surface area (Å²) in [4.78, 5) is 15.6. The fourth-order valence-corrected chi connectivity index (χ4v) is 5.46. The smallest absolute Gasteiger partial charge is 0.242 e. The summed E-state index contributed by atoms with van der Waals surface area (Å²) in [6.45, 7) is 4.33. The minimum Gasteiger partial charge on any atom is -0.479 e. The van der Waals surface area contributed by atoms with Crippen LogP contribution < -0.4 is 15.0 Å². The van der Waals surface area contributed by atoms with Crippen molar-refractivity contribution in [1.82, 2.24) is 24.7 Å². The molecule has 1 aromatic carbocycles. The molecule has 6 rings (SSSR count). The summed E-state index contributed by atoms with van der Waals surface area (Å²) in [6, 6.07) is 4.22. The molecule has 2 aromatic heterocycles. The standard InChI is InChI=1S/C23H24F3N7O/c1-12-8-18(28-11-27-12)32-9-13-2-3-14(10-32)21(13)29-23-30-22-17(6-7-33(22)31-23)34-16-5-4-15(24)19(25)20(16)26/h4-5,8,11,13-14,17,21H,2-3,6-7,9-10H2,1H3,(H,29,31)/t13-,14+,17-,21?/m0/s1. The number of nitrogens with one attached hydrogen (secondary N) is 1. The number of nitrogens with zero attached hydrogens (tertiary/aromatic N) is 6. The van der Waals surface area contributed by atoms with Crippen molar-refractivity contribution in [2.24, 2.45) is 11.8 Å². The molecule has 8 nitrogen and oxygen atoms in total. The van der Waals surface area contributed by atoms with Crippen molar-refractivity contribution >= 4 is 11.8 Å². The molecule has 2 bridgehead atoms. The van der Waals surface area contributed by atoms with Crippen LogP contribution in [0, 0.1) is 36.2 Å². The first-order valence-electron chi connectivity index (χ1n) is 11.5. The Kier molecular flexibility index (Phi) is 5.07. The van der Waals surface area contributed by atoms with E-state index < -0.39 is 23.6 Å². The number of halogens is 3. The fourth-order valence-electron chi connectivity index (χ4n) is 5.46. The minimum absolute atomic E-state index is 0.255. The van der Waals surface area contributed by atoms with Crippen LogP contribution in [0.15, 0.2) is 24.5 Å². The molecule has 4 heterocycles. The number of anilines is 2. The third-order valence-corrected chi connectivity index (χ3v) is 7.10. The maximum absolute atomic E-state index is 14.1. The largest absolute Gasteiger partial charge is 0.479 e. The first kappa shape index (κ1) is 21.2. The summed E-state index contributed by atoms with van der Waals surface area (Å²) in [5, 5.41) is 8.10. The van der Waals surface area contributed by atoms with Gasteiger partial charge in [0.15, 0.2) is 29.3 Å². The molecule has 11 heteroatoms. The maximum Gasteiger partial charge on any atom is 0.242 e. The summed E-state index contributed by atoms with van der Waals surface area (Å²) < 4.78 is 48.3. The highest BCUT2D eigenvalue weighted by atomic mass is 19.2. The summed E-state index contributed by atoms with van der Waals surface area (Å²) in [5.41, 5.74) is 0.953. The predicted octanol–water partition coefficient (Wildman–Crippen LogP) is 3.64. The molecule has 178 valence electrons. The molecule has 1 aliphatic carbocycles. The summed E-state index contributed by atoms with van der Waals surface area (Å²) in [7, 11) is 0. The van der Waals surface area contributed by atoms with Crippen molar-refractivity contribution < 1.29 is 17.9 Å². The quantitative estimate of drug-likeness (QED) is 0.569. The van der Waals surface area contributed by atoms with Gasteiger partial charge in [-0.25, -0.2) is 23.4 Å². The summed E-state index contributed by atoms with van der Waals surface area (Å²) in [5.74, 6) is -1.55. The van der Waals surface area contributed by atoms with Crippen LogP contribution in [0.1, 0.15) is 36.9 Å². The number of fused-ring (bicyclic) bond motifs is 3. The Morgan fingerprint density at radius 1 is 1.03 bits per heavy atom. The first-order chi connectivity index (χ1) is 16.5. The zero-order valence-electron chi connectivity index (χ0n) is 18.6. The SMILES string of the molecule is Cc1cc(N2C[C@H]3CC[C@@H](C2)C3Nc2nc3n(n2)CC[C@@H]3Oc2ccc(F)c(F)c2F)ncn1. The van der Waals surface area contributed by atoms with Gasteiger partial charge in [-0.2, -0.15) is 9.37 Å². The lowest BCUT2D eigenvalue weighted by Gasteiger charge is -2.38. The van der Waals surface area contributed by atoms with Crippen molar-refractivity contribution in [3.05, 3.63) is 53.5 Å². The molecule has 1 unspecified atom stereocenters. The number of hydrogen-bond acceptors (Lipinski definition) is 7.